The second kappa shape index (κ2) is 8.72. The van der Waals surface area contributed by atoms with E-state index in [1.54, 1.807) is 0 Å². The van der Waals surface area contributed by atoms with Gasteiger partial charge in [0.05, 0.1) is 12.1 Å². The molecule has 3 rings (SSSR count). The zero-order valence-corrected chi connectivity index (χ0v) is 15.7. The Hall–Kier alpha value is -2.42. The molecule has 152 valence electrons. The lowest BCUT2D eigenvalue weighted by atomic mass is 10.1. The summed E-state index contributed by atoms with van der Waals surface area (Å²) < 4.78 is 43.1. The number of benzene rings is 1. The Labute approximate surface area is 161 Å². The monoisotopic (exact) mass is 396 g/mol. The van der Waals surface area contributed by atoms with Gasteiger partial charge in [0.1, 0.15) is 0 Å². The fourth-order valence-corrected chi connectivity index (χ4v) is 3.08. The molecule has 2 heterocycles. The quantitative estimate of drug-likeness (QED) is 0.747. The Bertz CT molecular complexity index is 781. The number of amides is 1. The van der Waals surface area contributed by atoms with E-state index < -0.39 is 11.7 Å². The highest BCUT2D eigenvalue weighted by molar-refractivity contribution is 5.76. The molecule has 0 atom stereocenters. The van der Waals surface area contributed by atoms with Crippen molar-refractivity contribution < 1.29 is 22.5 Å². The maximum absolute atomic E-state index is 12.6. The second-order valence-corrected chi connectivity index (χ2v) is 6.85. The zero-order chi connectivity index (χ0) is 20.1. The maximum Gasteiger partial charge on any atom is 0.416 e. The highest BCUT2D eigenvalue weighted by Gasteiger charge is 2.30. The van der Waals surface area contributed by atoms with Gasteiger partial charge in [-0.05, 0) is 30.7 Å². The summed E-state index contributed by atoms with van der Waals surface area (Å²) >= 11 is 0. The molecule has 1 aliphatic heterocycles. The van der Waals surface area contributed by atoms with Crippen LogP contribution in [0.2, 0.25) is 0 Å². The Morgan fingerprint density at radius 3 is 2.43 bits per heavy atom. The Balaban J connectivity index is 1.53. The van der Waals surface area contributed by atoms with Crippen LogP contribution >= 0.6 is 0 Å². The number of carbonyl (C=O) groups excluding carboxylic acids is 1. The van der Waals surface area contributed by atoms with E-state index in [9.17, 15) is 18.0 Å². The van der Waals surface area contributed by atoms with Crippen LogP contribution in [0.15, 0.2) is 28.8 Å². The van der Waals surface area contributed by atoms with E-state index in [1.165, 1.54) is 12.1 Å². The van der Waals surface area contributed by atoms with Crippen LogP contribution in [0, 0.1) is 0 Å². The molecule has 28 heavy (non-hydrogen) atoms. The van der Waals surface area contributed by atoms with Gasteiger partial charge in [-0.15, -0.1) is 0 Å². The number of hydrogen-bond acceptors (Lipinski definition) is 5. The molecule has 0 saturated carbocycles. The first-order valence-corrected chi connectivity index (χ1v) is 9.37. The summed E-state index contributed by atoms with van der Waals surface area (Å²) in [6, 6.07) is 4.63. The van der Waals surface area contributed by atoms with Crippen molar-refractivity contribution in [3.8, 4) is 11.5 Å². The molecule has 1 aliphatic rings. The van der Waals surface area contributed by atoms with Crippen molar-refractivity contribution in [3.05, 3.63) is 35.7 Å². The van der Waals surface area contributed by atoms with Crippen LogP contribution in [0.1, 0.15) is 37.6 Å². The maximum atomic E-state index is 12.6. The minimum atomic E-state index is -4.38. The Kier molecular flexibility index (Phi) is 6.33. The smallest absolute Gasteiger partial charge is 0.340 e. The molecule has 1 amide bonds. The first kappa shape index (κ1) is 20.3. The molecule has 0 unspecified atom stereocenters. The largest absolute Gasteiger partial charge is 0.416 e. The number of nitrogens with zero attached hydrogens (tertiary/aromatic N) is 4. The predicted molar refractivity (Wildman–Crippen MR) is 96.1 cm³/mol. The molecule has 1 aromatic carbocycles. The van der Waals surface area contributed by atoms with Crippen LogP contribution in [-0.4, -0.2) is 52.0 Å². The number of alkyl halides is 3. The molecule has 2 aromatic rings. The van der Waals surface area contributed by atoms with Crippen LogP contribution in [0.25, 0.3) is 11.5 Å². The van der Waals surface area contributed by atoms with Gasteiger partial charge in [0.15, 0.2) is 5.82 Å². The molecule has 0 bridgehead atoms. The molecule has 1 fully saturated rings. The van der Waals surface area contributed by atoms with Crippen LogP contribution < -0.4 is 0 Å². The van der Waals surface area contributed by atoms with Gasteiger partial charge in [-0.2, -0.15) is 18.2 Å². The van der Waals surface area contributed by atoms with Gasteiger partial charge in [0.2, 0.25) is 5.91 Å². The van der Waals surface area contributed by atoms with E-state index in [0.717, 1.165) is 38.1 Å². The number of carbonyl (C=O) groups is 1. The molecular formula is C19H23F3N4O2. The molecule has 0 spiro atoms. The zero-order valence-electron chi connectivity index (χ0n) is 15.7. The number of halogens is 3. The standard InChI is InChI=1S/C19H23F3N4O2/c1-2-3-4-17(27)26-11-9-25(10-12-26)13-16-23-18(28-24-16)14-5-7-15(8-6-14)19(20,21)22/h5-8H,2-4,9-13H2,1H3. The minimum Gasteiger partial charge on any atom is -0.340 e. The summed E-state index contributed by atoms with van der Waals surface area (Å²) in [5.41, 5.74) is -0.277. The lowest BCUT2D eigenvalue weighted by molar-refractivity contribution is -0.137. The summed E-state index contributed by atoms with van der Waals surface area (Å²) in [4.78, 5) is 20.4. The van der Waals surface area contributed by atoms with Crippen molar-refractivity contribution >= 4 is 5.91 Å². The molecule has 0 radical (unpaired) electrons. The van der Waals surface area contributed by atoms with Crippen molar-refractivity contribution in [1.82, 2.24) is 19.9 Å². The molecule has 1 saturated heterocycles. The molecule has 9 heteroatoms. The van der Waals surface area contributed by atoms with Crippen molar-refractivity contribution in [1.29, 1.82) is 0 Å². The fraction of sp³-hybridized carbons (Fsp3) is 0.526. The minimum absolute atomic E-state index is 0.192. The summed E-state index contributed by atoms with van der Waals surface area (Å²) in [6.07, 6.45) is -1.87. The second-order valence-electron chi connectivity index (χ2n) is 6.85. The van der Waals surface area contributed by atoms with E-state index in [-0.39, 0.29) is 11.8 Å². The highest BCUT2D eigenvalue weighted by atomic mass is 19.4. The number of unbranched alkanes of at least 4 members (excludes halogenated alkanes) is 1. The predicted octanol–water partition coefficient (Wildman–Crippen LogP) is 3.59. The van der Waals surface area contributed by atoms with Gasteiger partial charge in [-0.25, -0.2) is 0 Å². The van der Waals surface area contributed by atoms with Gasteiger partial charge in [0, 0.05) is 38.2 Å². The van der Waals surface area contributed by atoms with Gasteiger partial charge in [-0.3, -0.25) is 9.69 Å². The molecule has 6 nitrogen and oxygen atoms in total. The van der Waals surface area contributed by atoms with Crippen molar-refractivity contribution in [2.45, 2.75) is 38.9 Å². The van der Waals surface area contributed by atoms with Gasteiger partial charge in [-0.1, -0.05) is 18.5 Å². The van der Waals surface area contributed by atoms with Crippen molar-refractivity contribution in [2.24, 2.45) is 0 Å². The summed E-state index contributed by atoms with van der Waals surface area (Å²) in [5.74, 6) is 0.864. The van der Waals surface area contributed by atoms with Crippen LogP contribution in [0.5, 0.6) is 0 Å². The van der Waals surface area contributed by atoms with Crippen LogP contribution in [-0.2, 0) is 17.5 Å². The first-order chi connectivity index (χ1) is 13.4. The fourth-order valence-electron chi connectivity index (χ4n) is 3.08. The number of piperazine rings is 1. The third-order valence-electron chi connectivity index (χ3n) is 4.76. The molecule has 0 N–H and O–H groups in total. The van der Waals surface area contributed by atoms with Gasteiger partial charge >= 0.3 is 6.18 Å². The Morgan fingerprint density at radius 1 is 1.14 bits per heavy atom. The van der Waals surface area contributed by atoms with Gasteiger partial charge in [0.25, 0.3) is 5.89 Å². The van der Waals surface area contributed by atoms with Crippen molar-refractivity contribution in [3.63, 3.8) is 0 Å². The molecule has 1 aromatic heterocycles. The van der Waals surface area contributed by atoms with Crippen molar-refractivity contribution in [2.75, 3.05) is 26.2 Å². The van der Waals surface area contributed by atoms with E-state index in [1.807, 2.05) is 4.90 Å². The molecular weight excluding hydrogens is 373 g/mol. The van der Waals surface area contributed by atoms with E-state index in [4.69, 9.17) is 4.52 Å². The third kappa shape index (κ3) is 5.09. The van der Waals surface area contributed by atoms with E-state index in [0.29, 0.717) is 37.4 Å². The average molecular weight is 396 g/mol. The number of rotatable bonds is 6. The summed E-state index contributed by atoms with van der Waals surface area (Å²) in [7, 11) is 0. The third-order valence-corrected chi connectivity index (χ3v) is 4.76. The molecule has 0 aliphatic carbocycles. The Morgan fingerprint density at radius 2 is 1.82 bits per heavy atom. The number of aromatic nitrogens is 2. The van der Waals surface area contributed by atoms with Crippen LogP contribution in [0.4, 0.5) is 13.2 Å². The van der Waals surface area contributed by atoms with Crippen LogP contribution in [0.3, 0.4) is 0 Å². The topological polar surface area (TPSA) is 62.5 Å². The van der Waals surface area contributed by atoms with E-state index >= 15 is 0 Å². The normalized spacial score (nSPS) is 15.8. The lowest BCUT2D eigenvalue weighted by Crippen LogP contribution is -2.48. The lowest BCUT2D eigenvalue weighted by Gasteiger charge is -2.34. The first-order valence-electron chi connectivity index (χ1n) is 9.37. The average Bonchev–Trinajstić information content (AvgIpc) is 3.14. The summed E-state index contributed by atoms with van der Waals surface area (Å²) in [5, 5.41) is 3.92. The highest BCUT2D eigenvalue weighted by Crippen LogP contribution is 2.30. The SMILES string of the molecule is CCCCC(=O)N1CCN(Cc2noc(-c3ccc(C(F)(F)F)cc3)n2)CC1. The summed E-state index contributed by atoms with van der Waals surface area (Å²) in [6.45, 7) is 5.33. The number of hydrogen-bond donors (Lipinski definition) is 0. The van der Waals surface area contributed by atoms with E-state index in [2.05, 4.69) is 22.0 Å². The van der Waals surface area contributed by atoms with Gasteiger partial charge < -0.3 is 9.42 Å².